The lowest BCUT2D eigenvalue weighted by atomic mass is 10.0. The Labute approximate surface area is 124 Å². The molecule has 0 radical (unpaired) electrons. The first-order chi connectivity index (χ1) is 10.1. The van der Waals surface area contributed by atoms with Gasteiger partial charge in [-0.2, -0.15) is 0 Å². The molecule has 0 N–H and O–H groups in total. The van der Waals surface area contributed by atoms with Crippen molar-refractivity contribution >= 4 is 22.9 Å². The number of carbonyl (C=O) groups is 1. The quantitative estimate of drug-likeness (QED) is 0.784. The van der Waals surface area contributed by atoms with E-state index >= 15 is 0 Å². The number of fused-ring (bicyclic) bond motifs is 1. The van der Waals surface area contributed by atoms with Gasteiger partial charge in [0.15, 0.2) is 0 Å². The summed E-state index contributed by atoms with van der Waals surface area (Å²) in [5, 5.41) is 0. The van der Waals surface area contributed by atoms with E-state index in [1.54, 1.807) is 0 Å². The van der Waals surface area contributed by atoms with Crippen molar-refractivity contribution in [1.29, 1.82) is 0 Å². The molecule has 1 aliphatic heterocycles. The van der Waals surface area contributed by atoms with Crippen LogP contribution in [0.3, 0.4) is 0 Å². The number of aliphatic imine (C=N–C) groups is 1. The lowest BCUT2D eigenvalue weighted by Gasteiger charge is -2.27. The van der Waals surface area contributed by atoms with Crippen LogP contribution >= 0.6 is 0 Å². The first-order valence-electron chi connectivity index (χ1n) is 7.06. The number of aryl methyl sites for hydroxylation is 2. The van der Waals surface area contributed by atoms with Crippen molar-refractivity contribution in [3.63, 3.8) is 0 Å². The van der Waals surface area contributed by atoms with Crippen LogP contribution in [0.25, 0.3) is 0 Å². The minimum Gasteiger partial charge on any atom is -0.367 e. The first kappa shape index (κ1) is 13.6. The predicted molar refractivity (Wildman–Crippen MR) is 87.1 cm³/mol. The fraction of sp³-hybridized carbons (Fsp3) is 0.222. The number of anilines is 1. The first-order valence-corrected chi connectivity index (χ1v) is 7.06. The van der Waals surface area contributed by atoms with Crippen LogP contribution in [0.5, 0.6) is 0 Å². The Morgan fingerprint density at radius 1 is 1.10 bits per heavy atom. The number of rotatable bonds is 2. The molecule has 0 atom stereocenters. The highest BCUT2D eigenvalue weighted by Gasteiger charge is 2.22. The number of ketones is 1. The Balaban J connectivity index is 2.04. The molecule has 2 aromatic carbocycles. The molecule has 106 valence electrons. The minimum atomic E-state index is 0.00586. The average Bonchev–Trinajstić information content (AvgIpc) is 2.49. The maximum Gasteiger partial charge on any atom is 0.209 e. The van der Waals surface area contributed by atoms with E-state index < -0.39 is 0 Å². The molecule has 0 saturated heterocycles. The molecule has 0 bridgehead atoms. The predicted octanol–water partition coefficient (Wildman–Crippen LogP) is 3.71. The van der Waals surface area contributed by atoms with Gasteiger partial charge in [-0.25, -0.2) is 4.99 Å². The highest BCUT2D eigenvalue weighted by molar-refractivity contribution is 6.48. The molecule has 21 heavy (non-hydrogen) atoms. The molecule has 1 aliphatic rings. The average molecular weight is 278 g/mol. The number of carbonyl (C=O) groups excluding carboxylic acids is 1. The molecular formula is C18H18N2O. The van der Waals surface area contributed by atoms with Crippen LogP contribution in [0.2, 0.25) is 0 Å². The van der Waals surface area contributed by atoms with E-state index in [-0.39, 0.29) is 5.78 Å². The van der Waals surface area contributed by atoms with E-state index in [1.165, 1.54) is 11.1 Å². The molecule has 0 saturated carbocycles. The number of benzene rings is 2. The molecule has 0 aromatic heterocycles. The molecule has 3 rings (SSSR count). The smallest absolute Gasteiger partial charge is 0.209 e. The van der Waals surface area contributed by atoms with Gasteiger partial charge in [0.05, 0.1) is 17.9 Å². The molecular weight excluding hydrogens is 260 g/mol. The van der Waals surface area contributed by atoms with Crippen LogP contribution in [-0.2, 0) is 0 Å². The Kier molecular flexibility index (Phi) is 3.34. The van der Waals surface area contributed by atoms with E-state index in [9.17, 15) is 4.79 Å². The summed E-state index contributed by atoms with van der Waals surface area (Å²) in [4.78, 5) is 19.2. The SMILES string of the molecule is Cc1cc2c(cc1C)N(C)CC(C(=O)c1ccccc1)=N2. The van der Waals surface area contributed by atoms with Gasteiger partial charge in [0, 0.05) is 12.6 Å². The number of hydrogen-bond acceptors (Lipinski definition) is 3. The van der Waals surface area contributed by atoms with E-state index in [1.807, 2.05) is 37.4 Å². The summed E-state index contributed by atoms with van der Waals surface area (Å²) in [5.74, 6) is 0.00586. The molecule has 0 amide bonds. The second-order valence-electron chi connectivity index (χ2n) is 5.53. The maximum absolute atomic E-state index is 12.5. The highest BCUT2D eigenvalue weighted by atomic mass is 16.1. The van der Waals surface area contributed by atoms with Gasteiger partial charge in [-0.05, 0) is 37.1 Å². The summed E-state index contributed by atoms with van der Waals surface area (Å²) >= 11 is 0. The zero-order valence-electron chi connectivity index (χ0n) is 12.6. The third-order valence-electron chi connectivity index (χ3n) is 3.94. The van der Waals surface area contributed by atoms with Gasteiger partial charge >= 0.3 is 0 Å². The maximum atomic E-state index is 12.5. The van der Waals surface area contributed by atoms with Crippen LogP contribution < -0.4 is 4.90 Å². The van der Waals surface area contributed by atoms with Crippen molar-refractivity contribution in [2.24, 2.45) is 4.99 Å². The van der Waals surface area contributed by atoms with Crippen molar-refractivity contribution in [3.05, 3.63) is 59.2 Å². The zero-order chi connectivity index (χ0) is 15.0. The van der Waals surface area contributed by atoms with Crippen LogP contribution in [-0.4, -0.2) is 25.1 Å². The van der Waals surface area contributed by atoms with Crippen LogP contribution in [0.4, 0.5) is 11.4 Å². The Bertz CT molecular complexity index is 732. The number of nitrogens with zero attached hydrogens (tertiary/aromatic N) is 2. The second kappa shape index (κ2) is 5.17. The monoisotopic (exact) mass is 278 g/mol. The van der Waals surface area contributed by atoms with Gasteiger partial charge < -0.3 is 4.90 Å². The highest BCUT2D eigenvalue weighted by Crippen LogP contribution is 2.34. The van der Waals surface area contributed by atoms with Gasteiger partial charge in [-0.15, -0.1) is 0 Å². The number of Topliss-reactive ketones (excluding diaryl/α,β-unsaturated/α-hetero) is 1. The molecule has 0 unspecified atom stereocenters. The molecule has 3 heteroatoms. The molecule has 2 aromatic rings. The van der Waals surface area contributed by atoms with Crippen molar-refractivity contribution in [3.8, 4) is 0 Å². The second-order valence-corrected chi connectivity index (χ2v) is 5.53. The van der Waals surface area contributed by atoms with Gasteiger partial charge in [-0.1, -0.05) is 30.3 Å². The topological polar surface area (TPSA) is 32.7 Å². The van der Waals surface area contributed by atoms with Crippen molar-refractivity contribution in [2.45, 2.75) is 13.8 Å². The lowest BCUT2D eigenvalue weighted by Crippen LogP contribution is -2.33. The summed E-state index contributed by atoms with van der Waals surface area (Å²) < 4.78 is 0. The summed E-state index contributed by atoms with van der Waals surface area (Å²) in [6.07, 6.45) is 0. The molecule has 3 nitrogen and oxygen atoms in total. The van der Waals surface area contributed by atoms with Crippen molar-refractivity contribution < 1.29 is 4.79 Å². The fourth-order valence-electron chi connectivity index (χ4n) is 2.55. The zero-order valence-corrected chi connectivity index (χ0v) is 12.6. The summed E-state index contributed by atoms with van der Waals surface area (Å²) in [7, 11) is 2.00. The van der Waals surface area contributed by atoms with Gasteiger partial charge in [0.2, 0.25) is 5.78 Å². The summed E-state index contributed by atoms with van der Waals surface area (Å²) in [6.45, 7) is 4.71. The lowest BCUT2D eigenvalue weighted by molar-refractivity contribution is 0.106. The Hall–Kier alpha value is -2.42. The van der Waals surface area contributed by atoms with Crippen molar-refractivity contribution in [2.75, 3.05) is 18.5 Å². The standard InChI is InChI=1S/C18H18N2O/c1-12-9-15-17(10-13(12)2)20(3)11-16(19-15)18(21)14-7-5-4-6-8-14/h4-10H,11H2,1-3H3. The van der Waals surface area contributed by atoms with Gasteiger partial charge in [0.25, 0.3) is 0 Å². The van der Waals surface area contributed by atoms with Crippen molar-refractivity contribution in [1.82, 2.24) is 0 Å². The third kappa shape index (κ3) is 2.47. The summed E-state index contributed by atoms with van der Waals surface area (Å²) in [5.41, 5.74) is 5.69. The van der Waals surface area contributed by atoms with E-state index in [0.717, 1.165) is 11.4 Å². The Morgan fingerprint density at radius 3 is 2.48 bits per heavy atom. The molecule has 0 aliphatic carbocycles. The van der Waals surface area contributed by atoms with Gasteiger partial charge in [0.1, 0.15) is 5.71 Å². The van der Waals surface area contributed by atoms with E-state index in [4.69, 9.17) is 0 Å². The minimum absolute atomic E-state index is 0.00586. The number of hydrogen-bond donors (Lipinski definition) is 0. The largest absolute Gasteiger partial charge is 0.367 e. The van der Waals surface area contributed by atoms with Crippen LogP contribution in [0.15, 0.2) is 47.5 Å². The van der Waals surface area contributed by atoms with Crippen LogP contribution in [0.1, 0.15) is 21.5 Å². The summed E-state index contributed by atoms with van der Waals surface area (Å²) in [6, 6.07) is 13.5. The van der Waals surface area contributed by atoms with Crippen LogP contribution in [0, 0.1) is 13.8 Å². The third-order valence-corrected chi connectivity index (χ3v) is 3.94. The molecule has 0 spiro atoms. The Morgan fingerprint density at radius 2 is 1.76 bits per heavy atom. The normalized spacial score (nSPS) is 13.7. The van der Waals surface area contributed by atoms with E-state index in [0.29, 0.717) is 17.8 Å². The van der Waals surface area contributed by atoms with Gasteiger partial charge in [-0.3, -0.25) is 4.79 Å². The fourth-order valence-corrected chi connectivity index (χ4v) is 2.55. The molecule has 1 heterocycles. The molecule has 0 fully saturated rings. The van der Waals surface area contributed by atoms with E-state index in [2.05, 4.69) is 35.9 Å².